The molecule has 3 atom stereocenters. The molecule has 2 N–H and O–H groups in total. The van der Waals surface area contributed by atoms with Crippen molar-refractivity contribution < 1.29 is 14.7 Å². The minimum Gasteiger partial charge on any atom is -0.480 e. The first-order valence-corrected chi connectivity index (χ1v) is 6.71. The first-order valence-electron chi connectivity index (χ1n) is 6.71. The van der Waals surface area contributed by atoms with Gasteiger partial charge in [-0.3, -0.25) is 9.69 Å². The molecule has 0 rings (SSSR count). The van der Waals surface area contributed by atoms with Gasteiger partial charge in [0.05, 0.1) is 6.04 Å². The quantitative estimate of drug-likeness (QED) is 0.623. The van der Waals surface area contributed by atoms with Crippen LogP contribution in [0.25, 0.3) is 0 Å². The smallest absolute Gasteiger partial charge is 0.326 e. The zero-order chi connectivity index (χ0) is 15.0. The molecule has 0 aromatic carbocycles. The van der Waals surface area contributed by atoms with E-state index in [4.69, 9.17) is 5.11 Å². The van der Waals surface area contributed by atoms with Crippen LogP contribution in [0.3, 0.4) is 0 Å². The van der Waals surface area contributed by atoms with Gasteiger partial charge in [0.2, 0.25) is 5.91 Å². The number of aliphatic carboxylic acids is 1. The summed E-state index contributed by atoms with van der Waals surface area (Å²) in [6.07, 6.45) is 3.61. The van der Waals surface area contributed by atoms with Crippen LogP contribution in [0.5, 0.6) is 0 Å². The van der Waals surface area contributed by atoms with Crippen LogP contribution in [0, 0.1) is 5.92 Å². The molecule has 1 amide bonds. The lowest BCUT2D eigenvalue weighted by molar-refractivity contribution is -0.143. The summed E-state index contributed by atoms with van der Waals surface area (Å²) in [5.41, 5.74) is 0. The van der Waals surface area contributed by atoms with Crippen molar-refractivity contribution in [1.82, 2.24) is 10.2 Å². The van der Waals surface area contributed by atoms with Gasteiger partial charge in [-0.1, -0.05) is 26.3 Å². The minimum atomic E-state index is -1.04. The van der Waals surface area contributed by atoms with Crippen LogP contribution in [0.1, 0.15) is 33.6 Å². The molecule has 0 heterocycles. The van der Waals surface area contributed by atoms with E-state index in [1.165, 1.54) is 6.08 Å². The van der Waals surface area contributed by atoms with Gasteiger partial charge in [0.1, 0.15) is 6.04 Å². The van der Waals surface area contributed by atoms with E-state index in [-0.39, 0.29) is 17.9 Å². The molecule has 110 valence electrons. The minimum absolute atomic E-state index is 0.264. The van der Waals surface area contributed by atoms with Crippen molar-refractivity contribution in [2.24, 2.45) is 5.92 Å². The summed E-state index contributed by atoms with van der Waals surface area (Å²) in [4.78, 5) is 25.1. The van der Waals surface area contributed by atoms with Crippen molar-refractivity contribution in [2.45, 2.75) is 45.7 Å². The number of carbonyl (C=O) groups excluding carboxylic acids is 1. The number of amides is 1. The van der Waals surface area contributed by atoms with E-state index >= 15 is 0 Å². The molecule has 5 heteroatoms. The first kappa shape index (κ1) is 17.6. The van der Waals surface area contributed by atoms with Crippen LogP contribution in [0.15, 0.2) is 12.7 Å². The molecule has 19 heavy (non-hydrogen) atoms. The number of hydrogen-bond acceptors (Lipinski definition) is 3. The highest BCUT2D eigenvalue weighted by Gasteiger charge is 2.27. The van der Waals surface area contributed by atoms with Crippen molar-refractivity contribution in [2.75, 3.05) is 13.6 Å². The van der Waals surface area contributed by atoms with Crippen LogP contribution in [0.2, 0.25) is 0 Å². The molecule has 0 aliphatic carbocycles. The summed E-state index contributed by atoms with van der Waals surface area (Å²) >= 11 is 0. The molecule has 0 spiro atoms. The zero-order valence-electron chi connectivity index (χ0n) is 12.3. The fourth-order valence-corrected chi connectivity index (χ4v) is 1.63. The molecule has 0 bridgehead atoms. The Morgan fingerprint density at radius 3 is 2.42 bits per heavy atom. The average Bonchev–Trinajstić information content (AvgIpc) is 2.39. The number of rotatable bonds is 9. The lowest BCUT2D eigenvalue weighted by Crippen LogP contribution is -2.51. The highest BCUT2D eigenvalue weighted by molar-refractivity contribution is 5.86. The Hall–Kier alpha value is -1.36. The molecule has 0 saturated heterocycles. The monoisotopic (exact) mass is 270 g/mol. The lowest BCUT2D eigenvalue weighted by atomic mass is 10.0. The summed E-state index contributed by atoms with van der Waals surface area (Å²) in [5, 5.41) is 11.7. The van der Waals surface area contributed by atoms with E-state index in [2.05, 4.69) is 18.8 Å². The third-order valence-electron chi connectivity index (χ3n) is 3.37. The number of carboxylic acids is 1. The van der Waals surface area contributed by atoms with Crippen molar-refractivity contribution in [3.05, 3.63) is 12.7 Å². The summed E-state index contributed by atoms with van der Waals surface area (Å²) < 4.78 is 0. The van der Waals surface area contributed by atoms with Gasteiger partial charge in [0, 0.05) is 5.92 Å². The van der Waals surface area contributed by atoms with Crippen molar-refractivity contribution >= 4 is 11.9 Å². The summed E-state index contributed by atoms with van der Waals surface area (Å²) in [5.74, 6) is -1.61. The molecule has 0 saturated carbocycles. The molecular weight excluding hydrogens is 244 g/mol. The Morgan fingerprint density at radius 2 is 2.00 bits per heavy atom. The molecule has 0 radical (unpaired) electrons. The van der Waals surface area contributed by atoms with Crippen LogP contribution in [0.4, 0.5) is 0 Å². The van der Waals surface area contributed by atoms with Gasteiger partial charge in [-0.25, -0.2) is 4.79 Å². The number of hydrogen-bond donors (Lipinski definition) is 2. The fraction of sp³-hybridized carbons (Fsp3) is 0.714. The zero-order valence-corrected chi connectivity index (χ0v) is 12.3. The van der Waals surface area contributed by atoms with E-state index in [0.717, 1.165) is 19.4 Å². The topological polar surface area (TPSA) is 69.6 Å². The van der Waals surface area contributed by atoms with Crippen molar-refractivity contribution in [1.29, 1.82) is 0 Å². The average molecular weight is 270 g/mol. The highest BCUT2D eigenvalue weighted by Crippen LogP contribution is 2.06. The van der Waals surface area contributed by atoms with Crippen LogP contribution in [-0.2, 0) is 9.59 Å². The number of nitrogens with one attached hydrogen (secondary N) is 1. The fourth-order valence-electron chi connectivity index (χ4n) is 1.63. The third-order valence-corrected chi connectivity index (χ3v) is 3.37. The van der Waals surface area contributed by atoms with E-state index in [1.807, 2.05) is 11.9 Å². The Balaban J connectivity index is 4.55. The molecule has 0 aromatic rings. The SMILES string of the molecule is C=CC(C)C(NC(=O)C(C)N(C)CCCC)C(=O)O. The predicted octanol–water partition coefficient (Wildman–Crippen LogP) is 1.50. The summed E-state index contributed by atoms with van der Waals surface area (Å²) in [7, 11) is 1.87. The van der Waals surface area contributed by atoms with E-state index in [1.54, 1.807) is 13.8 Å². The molecule has 0 aromatic heterocycles. The lowest BCUT2D eigenvalue weighted by Gasteiger charge is -2.26. The van der Waals surface area contributed by atoms with Gasteiger partial charge in [0.15, 0.2) is 0 Å². The van der Waals surface area contributed by atoms with Gasteiger partial charge in [0.25, 0.3) is 0 Å². The van der Waals surface area contributed by atoms with E-state index in [9.17, 15) is 9.59 Å². The maximum Gasteiger partial charge on any atom is 0.326 e. The Kier molecular flexibility index (Phi) is 8.07. The number of carbonyl (C=O) groups is 2. The molecule has 0 aliphatic heterocycles. The third kappa shape index (κ3) is 5.87. The van der Waals surface area contributed by atoms with Crippen LogP contribution in [-0.4, -0.2) is 47.6 Å². The van der Waals surface area contributed by atoms with Gasteiger partial charge >= 0.3 is 5.97 Å². The second-order valence-corrected chi connectivity index (χ2v) is 4.93. The Morgan fingerprint density at radius 1 is 1.42 bits per heavy atom. The van der Waals surface area contributed by atoms with Crippen LogP contribution >= 0.6 is 0 Å². The maximum atomic E-state index is 12.0. The maximum absolute atomic E-state index is 12.0. The second-order valence-electron chi connectivity index (χ2n) is 4.93. The van der Waals surface area contributed by atoms with Crippen molar-refractivity contribution in [3.8, 4) is 0 Å². The summed E-state index contributed by atoms with van der Waals surface area (Å²) in [6, 6.07) is -1.27. The first-order chi connectivity index (χ1) is 8.84. The Labute approximate surface area is 115 Å². The largest absolute Gasteiger partial charge is 0.480 e. The number of nitrogens with zero attached hydrogens (tertiary/aromatic N) is 1. The molecule has 3 unspecified atom stereocenters. The molecule has 5 nitrogen and oxygen atoms in total. The number of likely N-dealkylation sites (N-methyl/N-ethyl adjacent to an activating group) is 1. The Bertz CT molecular complexity index is 318. The number of carboxylic acid groups (broad SMARTS) is 1. The molecular formula is C14H26N2O3. The van der Waals surface area contributed by atoms with Gasteiger partial charge in [-0.2, -0.15) is 0 Å². The number of unbranched alkanes of at least 4 members (excludes halogenated alkanes) is 1. The normalized spacial score (nSPS) is 15.6. The molecule has 0 aliphatic rings. The standard InChI is InChI=1S/C14H26N2O3/c1-6-8-9-16(5)11(4)13(17)15-12(14(18)19)10(3)7-2/h7,10-12H,2,6,8-9H2,1,3-5H3,(H,15,17)(H,18,19). The molecule has 0 fully saturated rings. The van der Waals surface area contributed by atoms with E-state index in [0.29, 0.717) is 0 Å². The summed E-state index contributed by atoms with van der Waals surface area (Å²) in [6.45, 7) is 9.97. The van der Waals surface area contributed by atoms with Gasteiger partial charge in [-0.05, 0) is 26.9 Å². The van der Waals surface area contributed by atoms with Gasteiger partial charge in [-0.15, -0.1) is 6.58 Å². The van der Waals surface area contributed by atoms with Crippen molar-refractivity contribution in [3.63, 3.8) is 0 Å². The predicted molar refractivity (Wildman–Crippen MR) is 75.9 cm³/mol. The highest BCUT2D eigenvalue weighted by atomic mass is 16.4. The van der Waals surface area contributed by atoms with Gasteiger partial charge < -0.3 is 10.4 Å². The van der Waals surface area contributed by atoms with E-state index < -0.39 is 12.0 Å². The second kappa shape index (κ2) is 8.69. The van der Waals surface area contributed by atoms with Crippen LogP contribution < -0.4 is 5.32 Å².